The van der Waals surface area contributed by atoms with Gasteiger partial charge in [-0.05, 0) is 109 Å². The monoisotopic (exact) mass is 1100 g/mol. The number of carboxylic acid groups (broad SMARTS) is 2. The Balaban J connectivity index is 0.000000186. The minimum atomic E-state index is -0.919. The molecule has 4 heterocycles. The number of imidazole rings is 2. The third kappa shape index (κ3) is 13.8. The van der Waals surface area contributed by atoms with Crippen LogP contribution in [0.1, 0.15) is 84.8 Å². The van der Waals surface area contributed by atoms with Crippen molar-refractivity contribution >= 4 is 34.3 Å². The van der Waals surface area contributed by atoms with Crippen molar-refractivity contribution in [3.63, 3.8) is 0 Å². The molecule has 0 spiro atoms. The number of amides is 2. The predicted molar refractivity (Wildman–Crippen MR) is 325 cm³/mol. The molecular formula is C68H76N8O6. The number of rotatable bonds is 20. The van der Waals surface area contributed by atoms with Gasteiger partial charge in [0.05, 0.1) is 28.2 Å². The maximum Gasteiger partial charge on any atom is 0.408 e. The molecule has 5 atom stereocenters. The molecule has 14 nitrogen and oxygen atoms in total. The molecule has 7 aromatic carbocycles. The standard InChI is InChI=1S/C37H40N4O3.C31H36N4O3/c1-38-33-22-11-12-23-34(33)41(36(38)42)32-24-25-40(37(43)44)35(31(32)21-13-20-28-14-5-2-6-15-28)39(26-29-16-7-3-8-17-29)27-30-18-9-4-10-19-30;36-30-32-27-16-7-8-17-29(27)35(30)28-18-20-34(31(37)38)23-26(28)15-9-10-19-33(21-24-11-3-1-4-12-24)22-25-13-5-2-6-14-25/h2-12,14-19,22-23,31-32,35H,13,20-21,24-27H2,1H3,(H,43,44);1-8,11-14,16-17,26,28H,9-10,15,18-23H2,(H,32,36)(H,37,38)/t31?,32-,35-;/m0./s1. The van der Waals surface area contributed by atoms with Crippen LogP contribution in [-0.4, -0.2) is 93.0 Å². The molecular weight excluding hydrogens is 1020 g/mol. The summed E-state index contributed by atoms with van der Waals surface area (Å²) in [6.45, 7) is 5.19. The van der Waals surface area contributed by atoms with Gasteiger partial charge < -0.3 is 20.1 Å². The van der Waals surface area contributed by atoms with Gasteiger partial charge in [-0.15, -0.1) is 0 Å². The Morgan fingerprint density at radius 1 is 0.524 bits per heavy atom. The largest absolute Gasteiger partial charge is 0.465 e. The van der Waals surface area contributed by atoms with E-state index in [0.29, 0.717) is 45.6 Å². The molecule has 14 heteroatoms. The zero-order valence-electron chi connectivity index (χ0n) is 46.9. The van der Waals surface area contributed by atoms with Crippen molar-refractivity contribution in [3.05, 3.63) is 249 Å². The summed E-state index contributed by atoms with van der Waals surface area (Å²) in [5.74, 6) is -0.0204. The number of hydrogen-bond acceptors (Lipinski definition) is 6. The number of carbonyl (C=O) groups is 2. The number of fused-ring (bicyclic) bond motifs is 2. The Kier molecular flexibility index (Phi) is 18.9. The van der Waals surface area contributed by atoms with Gasteiger partial charge in [0.25, 0.3) is 0 Å². The highest BCUT2D eigenvalue weighted by atomic mass is 16.4. The molecule has 2 aromatic heterocycles. The molecule has 9 aromatic rings. The molecule has 0 saturated carbocycles. The van der Waals surface area contributed by atoms with Crippen LogP contribution in [0, 0.1) is 11.8 Å². The minimum Gasteiger partial charge on any atom is -0.465 e. The highest BCUT2D eigenvalue weighted by Gasteiger charge is 2.45. The molecule has 2 fully saturated rings. The van der Waals surface area contributed by atoms with E-state index in [-0.39, 0.29) is 35.3 Å². The lowest BCUT2D eigenvalue weighted by molar-refractivity contribution is -0.0492. The van der Waals surface area contributed by atoms with Gasteiger partial charge in [-0.25, -0.2) is 19.2 Å². The van der Waals surface area contributed by atoms with Crippen molar-refractivity contribution < 1.29 is 19.8 Å². The number of aromatic amines is 1. The second-order valence-electron chi connectivity index (χ2n) is 22.2. The van der Waals surface area contributed by atoms with Crippen molar-refractivity contribution in [1.29, 1.82) is 0 Å². The number of aromatic nitrogens is 4. The number of likely N-dealkylation sites (tertiary alicyclic amines) is 2. The number of hydrogen-bond donors (Lipinski definition) is 3. The van der Waals surface area contributed by atoms with E-state index in [4.69, 9.17) is 0 Å². The Morgan fingerprint density at radius 2 is 1.02 bits per heavy atom. The van der Waals surface area contributed by atoms with Gasteiger partial charge in [-0.2, -0.15) is 0 Å². The van der Waals surface area contributed by atoms with E-state index in [1.54, 1.807) is 9.47 Å². The summed E-state index contributed by atoms with van der Waals surface area (Å²) >= 11 is 0. The first kappa shape index (κ1) is 56.8. The number of para-hydroxylation sites is 4. The van der Waals surface area contributed by atoms with E-state index in [9.17, 15) is 29.4 Å². The molecule has 2 amide bonds. The molecule has 424 valence electrons. The SMILES string of the molecule is Cn1c(=O)n([C@H]2CCN(C(=O)O)[C@H](N(Cc3ccccc3)Cc3ccccc3)C2CCCc2ccccc2)c2ccccc21.O=C(O)N1CCC(n2c(=O)[nH]c3ccccc32)C(CCCCN(Cc2ccccc2)Cc2ccccc2)C1. The second-order valence-corrected chi connectivity index (χ2v) is 22.2. The van der Waals surface area contributed by atoms with Gasteiger partial charge in [0.15, 0.2) is 0 Å². The molecule has 82 heavy (non-hydrogen) atoms. The van der Waals surface area contributed by atoms with Crippen molar-refractivity contribution in [1.82, 2.24) is 38.3 Å². The lowest BCUT2D eigenvalue weighted by Crippen LogP contribution is -2.59. The zero-order valence-corrected chi connectivity index (χ0v) is 46.9. The first-order valence-electron chi connectivity index (χ1n) is 29.1. The van der Waals surface area contributed by atoms with E-state index in [2.05, 4.69) is 112 Å². The highest BCUT2D eigenvalue weighted by Crippen LogP contribution is 2.41. The number of nitrogens with one attached hydrogen (secondary N) is 1. The topological polar surface area (TPSA) is 152 Å². The van der Waals surface area contributed by atoms with Crippen LogP contribution < -0.4 is 11.4 Å². The molecule has 2 aliphatic rings. The first-order valence-corrected chi connectivity index (χ1v) is 29.1. The second kappa shape index (κ2) is 27.3. The van der Waals surface area contributed by atoms with Crippen LogP contribution in [0.2, 0.25) is 0 Å². The van der Waals surface area contributed by atoms with Crippen LogP contribution >= 0.6 is 0 Å². The number of nitrogens with zero attached hydrogens (tertiary/aromatic N) is 7. The smallest absolute Gasteiger partial charge is 0.408 e. The van der Waals surface area contributed by atoms with Crippen LogP contribution in [-0.2, 0) is 39.6 Å². The Labute approximate surface area is 480 Å². The molecule has 3 N–H and O–H groups in total. The number of unbranched alkanes of at least 4 members (excludes halogenated alkanes) is 1. The normalized spacial score (nSPS) is 18.2. The van der Waals surface area contributed by atoms with Gasteiger partial charge in [0.2, 0.25) is 0 Å². The molecule has 0 radical (unpaired) electrons. The number of benzene rings is 7. The van der Waals surface area contributed by atoms with Crippen LogP contribution in [0.4, 0.5) is 9.59 Å². The van der Waals surface area contributed by atoms with Crippen LogP contribution in [0.25, 0.3) is 22.1 Å². The Hall–Kier alpha value is -8.46. The highest BCUT2D eigenvalue weighted by molar-refractivity contribution is 5.76. The quantitative estimate of drug-likeness (QED) is 0.0638. The van der Waals surface area contributed by atoms with E-state index in [1.165, 1.54) is 21.6 Å². The van der Waals surface area contributed by atoms with Crippen LogP contribution in [0.5, 0.6) is 0 Å². The Bertz CT molecular complexity index is 3500. The first-order chi connectivity index (χ1) is 40.1. The van der Waals surface area contributed by atoms with Gasteiger partial charge in [-0.3, -0.25) is 28.4 Å². The summed E-state index contributed by atoms with van der Waals surface area (Å²) in [7, 11) is 1.83. The summed E-state index contributed by atoms with van der Waals surface area (Å²) in [4.78, 5) is 62.5. The zero-order chi connectivity index (χ0) is 56.8. The van der Waals surface area contributed by atoms with Gasteiger partial charge >= 0.3 is 23.6 Å². The average molecular weight is 1100 g/mol. The molecule has 2 aliphatic heterocycles. The molecule has 0 bridgehead atoms. The fourth-order valence-corrected chi connectivity index (χ4v) is 13.0. The van der Waals surface area contributed by atoms with Gasteiger partial charge in [0, 0.05) is 70.9 Å². The van der Waals surface area contributed by atoms with Crippen molar-refractivity contribution in [2.24, 2.45) is 18.9 Å². The maximum absolute atomic E-state index is 13.9. The third-order valence-corrected chi connectivity index (χ3v) is 16.8. The van der Waals surface area contributed by atoms with E-state index in [1.807, 2.05) is 119 Å². The van der Waals surface area contributed by atoms with Crippen LogP contribution in [0.3, 0.4) is 0 Å². The fraction of sp³-hybridized carbons (Fsp3) is 0.324. The summed E-state index contributed by atoms with van der Waals surface area (Å²) in [6, 6.07) is 67.6. The van der Waals surface area contributed by atoms with Crippen molar-refractivity contribution in [2.75, 3.05) is 26.2 Å². The summed E-state index contributed by atoms with van der Waals surface area (Å²) in [6.07, 6.45) is 4.44. The molecule has 2 saturated heterocycles. The summed E-state index contributed by atoms with van der Waals surface area (Å²) in [5.41, 5.74) is 9.47. The van der Waals surface area contributed by atoms with Gasteiger partial charge in [-0.1, -0.05) is 182 Å². The number of aryl methyl sites for hydroxylation is 2. The summed E-state index contributed by atoms with van der Waals surface area (Å²) in [5, 5.41) is 20.3. The average Bonchev–Trinajstić information content (AvgIpc) is 4.15. The van der Waals surface area contributed by atoms with E-state index >= 15 is 0 Å². The minimum absolute atomic E-state index is 0.0148. The maximum atomic E-state index is 13.9. The van der Waals surface area contributed by atoms with Gasteiger partial charge in [0.1, 0.15) is 0 Å². The molecule has 0 aliphatic carbocycles. The van der Waals surface area contributed by atoms with Crippen molar-refractivity contribution in [2.45, 2.75) is 95.8 Å². The molecule has 11 rings (SSSR count). The van der Waals surface area contributed by atoms with E-state index in [0.717, 1.165) is 91.4 Å². The third-order valence-electron chi connectivity index (χ3n) is 16.8. The number of piperidine rings is 2. The van der Waals surface area contributed by atoms with Crippen molar-refractivity contribution in [3.8, 4) is 0 Å². The number of H-pyrrole nitrogens is 1. The fourth-order valence-electron chi connectivity index (χ4n) is 13.0. The molecule has 3 unspecified atom stereocenters. The summed E-state index contributed by atoms with van der Waals surface area (Å²) < 4.78 is 5.55. The lowest BCUT2D eigenvalue weighted by Gasteiger charge is -2.49. The lowest BCUT2D eigenvalue weighted by atomic mass is 9.83. The van der Waals surface area contributed by atoms with Crippen LogP contribution in [0.15, 0.2) is 210 Å². The Morgan fingerprint density at radius 3 is 1.59 bits per heavy atom. The predicted octanol–water partition coefficient (Wildman–Crippen LogP) is 12.7. The van der Waals surface area contributed by atoms with E-state index < -0.39 is 18.4 Å².